The zero-order chi connectivity index (χ0) is 12.3. The van der Waals surface area contributed by atoms with Crippen LogP contribution in [0.15, 0.2) is 12.4 Å². The Morgan fingerprint density at radius 2 is 2.24 bits per heavy atom. The maximum atomic E-state index is 7.44. The molecule has 5 heteroatoms. The van der Waals surface area contributed by atoms with Crippen LogP contribution in [0, 0.1) is 11.3 Å². The van der Waals surface area contributed by atoms with Crippen LogP contribution in [0.2, 0.25) is 0 Å². The fourth-order valence-electron chi connectivity index (χ4n) is 2.36. The maximum absolute atomic E-state index is 7.44. The van der Waals surface area contributed by atoms with E-state index in [4.69, 9.17) is 11.1 Å². The predicted molar refractivity (Wildman–Crippen MR) is 68.0 cm³/mol. The molecule has 94 valence electrons. The van der Waals surface area contributed by atoms with E-state index in [9.17, 15) is 0 Å². The van der Waals surface area contributed by atoms with E-state index in [1.807, 2.05) is 19.4 Å². The van der Waals surface area contributed by atoms with Gasteiger partial charge in [-0.05, 0) is 25.9 Å². The molecule has 0 aliphatic carbocycles. The molecule has 0 spiro atoms. The maximum Gasteiger partial charge on any atom is 0.109 e. The van der Waals surface area contributed by atoms with Gasteiger partial charge in [-0.2, -0.15) is 0 Å². The van der Waals surface area contributed by atoms with E-state index in [0.29, 0.717) is 11.8 Å². The van der Waals surface area contributed by atoms with Crippen molar-refractivity contribution in [1.82, 2.24) is 14.5 Å². The molecule has 5 nitrogen and oxygen atoms in total. The van der Waals surface area contributed by atoms with Gasteiger partial charge in [0.25, 0.3) is 0 Å². The van der Waals surface area contributed by atoms with Crippen LogP contribution in [0.1, 0.15) is 18.7 Å². The number of hydrogen-bond acceptors (Lipinski definition) is 3. The Kier molecular flexibility index (Phi) is 3.78. The summed E-state index contributed by atoms with van der Waals surface area (Å²) in [6.07, 6.45) is 6.87. The molecule has 0 saturated carbocycles. The van der Waals surface area contributed by atoms with Crippen molar-refractivity contribution in [2.45, 2.75) is 19.3 Å². The van der Waals surface area contributed by atoms with Gasteiger partial charge in [-0.15, -0.1) is 0 Å². The first-order chi connectivity index (χ1) is 8.16. The molecule has 1 fully saturated rings. The lowest BCUT2D eigenvalue weighted by molar-refractivity contribution is 0.209. The number of aromatic nitrogens is 2. The van der Waals surface area contributed by atoms with Gasteiger partial charge in [0.1, 0.15) is 5.82 Å². The van der Waals surface area contributed by atoms with Gasteiger partial charge in [0, 0.05) is 38.3 Å². The second-order valence-corrected chi connectivity index (χ2v) is 4.78. The summed E-state index contributed by atoms with van der Waals surface area (Å²) in [5.41, 5.74) is 5.54. The van der Waals surface area contributed by atoms with E-state index >= 15 is 0 Å². The van der Waals surface area contributed by atoms with Crippen molar-refractivity contribution in [3.8, 4) is 0 Å². The molecule has 0 unspecified atom stereocenters. The average Bonchev–Trinajstić information content (AvgIpc) is 2.73. The summed E-state index contributed by atoms with van der Waals surface area (Å²) in [6, 6.07) is 0. The summed E-state index contributed by atoms with van der Waals surface area (Å²) in [4.78, 5) is 6.76. The van der Waals surface area contributed by atoms with E-state index < -0.39 is 0 Å². The van der Waals surface area contributed by atoms with Crippen molar-refractivity contribution in [1.29, 1.82) is 5.41 Å². The molecule has 1 aliphatic rings. The molecule has 0 atom stereocenters. The highest BCUT2D eigenvalue weighted by Gasteiger charge is 2.20. The normalized spacial score (nSPS) is 18.4. The van der Waals surface area contributed by atoms with Crippen molar-refractivity contribution in [2.24, 2.45) is 18.7 Å². The first-order valence-electron chi connectivity index (χ1n) is 6.19. The van der Waals surface area contributed by atoms with E-state index in [0.717, 1.165) is 44.7 Å². The molecule has 1 saturated heterocycles. The second kappa shape index (κ2) is 5.31. The lowest BCUT2D eigenvalue weighted by Crippen LogP contribution is -2.39. The van der Waals surface area contributed by atoms with Gasteiger partial charge in [-0.25, -0.2) is 4.98 Å². The number of likely N-dealkylation sites (tertiary alicyclic amines) is 1. The van der Waals surface area contributed by atoms with Crippen LogP contribution >= 0.6 is 0 Å². The Labute approximate surface area is 102 Å². The Balaban J connectivity index is 1.75. The third kappa shape index (κ3) is 3.06. The number of rotatable bonds is 4. The minimum atomic E-state index is 0.305. The third-order valence-electron chi connectivity index (χ3n) is 3.60. The van der Waals surface area contributed by atoms with Crippen molar-refractivity contribution in [2.75, 3.05) is 19.6 Å². The fourth-order valence-corrected chi connectivity index (χ4v) is 2.36. The molecule has 0 bridgehead atoms. The zero-order valence-corrected chi connectivity index (χ0v) is 10.4. The Bertz CT molecular complexity index is 376. The number of hydrogen-bond donors (Lipinski definition) is 2. The van der Waals surface area contributed by atoms with Gasteiger partial charge in [0.05, 0.1) is 5.84 Å². The molecule has 1 aliphatic heterocycles. The van der Waals surface area contributed by atoms with Gasteiger partial charge in [0.2, 0.25) is 0 Å². The fraction of sp³-hybridized carbons (Fsp3) is 0.667. The van der Waals surface area contributed by atoms with Crippen LogP contribution in [0.4, 0.5) is 0 Å². The van der Waals surface area contributed by atoms with Crippen molar-refractivity contribution in [3.05, 3.63) is 18.2 Å². The highest BCUT2D eigenvalue weighted by molar-refractivity contribution is 5.79. The summed E-state index contributed by atoms with van der Waals surface area (Å²) in [6.45, 7) is 3.15. The number of piperidine rings is 1. The molecule has 17 heavy (non-hydrogen) atoms. The number of nitrogens with two attached hydrogens (primary N) is 1. The molecule has 2 heterocycles. The van der Waals surface area contributed by atoms with Crippen molar-refractivity contribution in [3.63, 3.8) is 0 Å². The molecule has 1 aromatic heterocycles. The zero-order valence-electron chi connectivity index (χ0n) is 10.4. The summed E-state index contributed by atoms with van der Waals surface area (Å²) in [5.74, 6) is 1.80. The van der Waals surface area contributed by atoms with E-state index in [2.05, 4.69) is 14.5 Å². The van der Waals surface area contributed by atoms with Crippen LogP contribution in [0.5, 0.6) is 0 Å². The minimum absolute atomic E-state index is 0.305. The minimum Gasteiger partial charge on any atom is -0.387 e. The Morgan fingerprint density at radius 3 is 2.76 bits per heavy atom. The molecule has 3 N–H and O–H groups in total. The first kappa shape index (κ1) is 12.1. The quantitative estimate of drug-likeness (QED) is 0.593. The lowest BCUT2D eigenvalue weighted by atomic mass is 9.96. The molecule has 1 aromatic rings. The highest BCUT2D eigenvalue weighted by Crippen LogP contribution is 2.16. The standard InChI is InChI=1S/C12H21N5/c1-16-9-5-15-11(16)4-8-17-6-2-10(3-7-17)12(13)14/h5,9-10H,2-4,6-8H2,1H3,(H3,13,14). The lowest BCUT2D eigenvalue weighted by Gasteiger charge is -2.31. The molecular formula is C12H21N5. The van der Waals surface area contributed by atoms with Gasteiger partial charge < -0.3 is 15.2 Å². The van der Waals surface area contributed by atoms with Crippen LogP contribution in [0.25, 0.3) is 0 Å². The third-order valence-corrected chi connectivity index (χ3v) is 3.60. The Hall–Kier alpha value is -1.36. The van der Waals surface area contributed by atoms with E-state index in [1.165, 1.54) is 0 Å². The highest BCUT2D eigenvalue weighted by atomic mass is 15.1. The van der Waals surface area contributed by atoms with Crippen molar-refractivity contribution >= 4 is 5.84 Å². The largest absolute Gasteiger partial charge is 0.387 e. The monoisotopic (exact) mass is 235 g/mol. The molecule has 0 aromatic carbocycles. The Morgan fingerprint density at radius 1 is 1.53 bits per heavy atom. The number of nitrogens with one attached hydrogen (secondary N) is 1. The van der Waals surface area contributed by atoms with Gasteiger partial charge >= 0.3 is 0 Å². The van der Waals surface area contributed by atoms with Crippen LogP contribution in [-0.2, 0) is 13.5 Å². The average molecular weight is 235 g/mol. The van der Waals surface area contributed by atoms with Crippen molar-refractivity contribution < 1.29 is 0 Å². The first-order valence-corrected chi connectivity index (χ1v) is 6.19. The second-order valence-electron chi connectivity index (χ2n) is 4.78. The summed E-state index contributed by atoms with van der Waals surface area (Å²) < 4.78 is 2.07. The van der Waals surface area contributed by atoms with Gasteiger partial charge in [0.15, 0.2) is 0 Å². The molecule has 2 rings (SSSR count). The van der Waals surface area contributed by atoms with Gasteiger partial charge in [-0.1, -0.05) is 0 Å². The number of aryl methyl sites for hydroxylation is 1. The summed E-state index contributed by atoms with van der Waals surface area (Å²) in [5, 5.41) is 7.44. The molecule has 0 amide bonds. The topological polar surface area (TPSA) is 70.9 Å². The van der Waals surface area contributed by atoms with Crippen LogP contribution in [0.3, 0.4) is 0 Å². The molecular weight excluding hydrogens is 214 g/mol. The SMILES string of the molecule is Cn1ccnc1CCN1CCC(C(=N)N)CC1. The molecule has 0 radical (unpaired) electrons. The summed E-state index contributed by atoms with van der Waals surface area (Å²) in [7, 11) is 2.03. The number of imidazole rings is 1. The smallest absolute Gasteiger partial charge is 0.109 e. The van der Waals surface area contributed by atoms with Gasteiger partial charge in [-0.3, -0.25) is 5.41 Å². The van der Waals surface area contributed by atoms with Crippen LogP contribution < -0.4 is 5.73 Å². The predicted octanol–water partition coefficient (Wildman–Crippen LogP) is 0.611. The van der Waals surface area contributed by atoms with E-state index in [1.54, 1.807) is 0 Å². The number of amidine groups is 1. The number of nitrogens with zero attached hydrogens (tertiary/aromatic N) is 3. The van der Waals surface area contributed by atoms with Crippen LogP contribution in [-0.4, -0.2) is 39.9 Å². The van der Waals surface area contributed by atoms with E-state index in [-0.39, 0.29) is 0 Å². The summed E-state index contributed by atoms with van der Waals surface area (Å²) >= 11 is 0.